The van der Waals surface area contributed by atoms with E-state index in [1.807, 2.05) is 6.08 Å². The summed E-state index contributed by atoms with van der Waals surface area (Å²) in [5, 5.41) is 4.16. The Balaban J connectivity index is 2.16. The van der Waals surface area contributed by atoms with Crippen LogP contribution in [0.5, 0.6) is 0 Å². The van der Waals surface area contributed by atoms with Crippen molar-refractivity contribution >= 4 is 11.6 Å². The molecule has 4 atom stereocenters. The zero-order chi connectivity index (χ0) is 20.0. The predicted octanol–water partition coefficient (Wildman–Crippen LogP) is 4.02. The van der Waals surface area contributed by atoms with E-state index < -0.39 is 0 Å². The first-order valence-corrected chi connectivity index (χ1v) is 10.8. The van der Waals surface area contributed by atoms with E-state index >= 15 is 0 Å². The molecular weight excluding hydrogens is 356 g/mol. The summed E-state index contributed by atoms with van der Waals surface area (Å²) in [6, 6.07) is 0.266. The third kappa shape index (κ3) is 5.91. The van der Waals surface area contributed by atoms with Gasteiger partial charge in [0, 0.05) is 23.7 Å². The SMILES string of the molecule is C#C[C@@H](CC(=C)N)N(C1NC(Cl)=CC[C@H]1C)[C@H](CC)CCCC1(N)CCC1. The lowest BCUT2D eigenvalue weighted by Gasteiger charge is -2.46. The molecule has 4 nitrogen and oxygen atoms in total. The van der Waals surface area contributed by atoms with Crippen LogP contribution in [0.3, 0.4) is 0 Å². The van der Waals surface area contributed by atoms with Gasteiger partial charge in [-0.3, -0.25) is 4.90 Å². The van der Waals surface area contributed by atoms with Crippen LogP contribution >= 0.6 is 11.6 Å². The third-order valence-corrected chi connectivity index (χ3v) is 6.54. The number of hydrogen-bond donors (Lipinski definition) is 3. The normalized spacial score (nSPS) is 26.3. The minimum atomic E-state index is -0.0921. The first kappa shape index (κ1) is 22.1. The molecule has 1 unspecified atom stereocenters. The van der Waals surface area contributed by atoms with Gasteiger partial charge in [0.2, 0.25) is 0 Å². The highest BCUT2D eigenvalue weighted by molar-refractivity contribution is 6.29. The Bertz CT molecular complexity index is 575. The summed E-state index contributed by atoms with van der Waals surface area (Å²) in [7, 11) is 0. The quantitative estimate of drug-likeness (QED) is 0.388. The van der Waals surface area contributed by atoms with Gasteiger partial charge in [-0.2, -0.15) is 0 Å². The van der Waals surface area contributed by atoms with Gasteiger partial charge in [-0.15, -0.1) is 6.42 Å². The number of terminal acetylenes is 1. The molecule has 0 amide bonds. The summed E-state index contributed by atoms with van der Waals surface area (Å²) in [6.07, 6.45) is 17.5. The first-order valence-electron chi connectivity index (χ1n) is 10.4. The highest BCUT2D eigenvalue weighted by atomic mass is 35.5. The van der Waals surface area contributed by atoms with Gasteiger partial charge in [-0.25, -0.2) is 0 Å². The van der Waals surface area contributed by atoms with Crippen LogP contribution in [0, 0.1) is 18.3 Å². The molecule has 1 saturated carbocycles. The fourth-order valence-electron chi connectivity index (χ4n) is 4.44. The molecule has 0 aromatic carbocycles. The summed E-state index contributed by atoms with van der Waals surface area (Å²) in [5.41, 5.74) is 13.1. The highest BCUT2D eigenvalue weighted by Gasteiger charge is 2.37. The van der Waals surface area contributed by atoms with Crippen LogP contribution in [-0.4, -0.2) is 28.7 Å². The maximum atomic E-state index is 6.43. The molecule has 1 aliphatic heterocycles. The summed E-state index contributed by atoms with van der Waals surface area (Å²) in [6.45, 7) is 8.36. The maximum Gasteiger partial charge on any atom is 0.0989 e. The Kier molecular flexibility index (Phi) is 8.09. The Morgan fingerprint density at radius 3 is 2.78 bits per heavy atom. The average Bonchev–Trinajstić information content (AvgIpc) is 2.60. The zero-order valence-corrected chi connectivity index (χ0v) is 17.8. The fourth-order valence-corrected chi connectivity index (χ4v) is 4.64. The standard InChI is InChI=1S/C22H37ClN4/c1-5-18(9-7-12-22(25)13-8-14-22)27(19(6-2)15-17(4)24)21-16(3)10-11-20(23)26-21/h2,11,16,18-19,21,26H,4-5,7-10,12-15,24-25H2,1,3H3/t16-,18-,19+,21?/m1/s1. The van der Waals surface area contributed by atoms with Gasteiger partial charge in [0.1, 0.15) is 0 Å². The van der Waals surface area contributed by atoms with Gasteiger partial charge in [-0.1, -0.05) is 44.4 Å². The summed E-state index contributed by atoms with van der Waals surface area (Å²) in [4.78, 5) is 2.43. The van der Waals surface area contributed by atoms with E-state index in [1.165, 1.54) is 6.42 Å². The largest absolute Gasteiger partial charge is 0.402 e. The van der Waals surface area contributed by atoms with Crippen molar-refractivity contribution in [2.75, 3.05) is 0 Å². The van der Waals surface area contributed by atoms with Crippen molar-refractivity contribution in [1.82, 2.24) is 10.2 Å². The maximum absolute atomic E-state index is 6.43. The molecule has 27 heavy (non-hydrogen) atoms. The van der Waals surface area contributed by atoms with Gasteiger partial charge in [-0.05, 0) is 56.9 Å². The molecule has 0 aromatic rings. The molecule has 152 valence electrons. The minimum absolute atomic E-state index is 0.0720. The van der Waals surface area contributed by atoms with Crippen LogP contribution < -0.4 is 16.8 Å². The number of nitrogens with one attached hydrogen (secondary N) is 1. The second-order valence-corrected chi connectivity index (χ2v) is 8.92. The van der Waals surface area contributed by atoms with E-state index in [0.717, 1.165) is 44.9 Å². The van der Waals surface area contributed by atoms with E-state index in [-0.39, 0.29) is 17.7 Å². The van der Waals surface area contributed by atoms with Gasteiger partial charge in [0.15, 0.2) is 0 Å². The number of nitrogens with two attached hydrogens (primary N) is 2. The minimum Gasteiger partial charge on any atom is -0.402 e. The molecule has 1 heterocycles. The van der Waals surface area contributed by atoms with E-state index in [1.54, 1.807) is 0 Å². The lowest BCUT2D eigenvalue weighted by Crippen LogP contribution is -2.58. The van der Waals surface area contributed by atoms with Crippen LogP contribution in [0.15, 0.2) is 23.5 Å². The summed E-state index contributed by atoms with van der Waals surface area (Å²) < 4.78 is 0. The Hall–Kier alpha value is -1.15. The van der Waals surface area contributed by atoms with Crippen LogP contribution in [0.25, 0.3) is 0 Å². The van der Waals surface area contributed by atoms with E-state index in [2.05, 4.69) is 36.6 Å². The number of nitrogens with zero attached hydrogens (tertiary/aromatic N) is 1. The molecule has 0 spiro atoms. The van der Waals surface area contributed by atoms with Crippen LogP contribution in [-0.2, 0) is 0 Å². The Morgan fingerprint density at radius 1 is 1.56 bits per heavy atom. The molecule has 0 saturated heterocycles. The second-order valence-electron chi connectivity index (χ2n) is 8.52. The van der Waals surface area contributed by atoms with Crippen molar-refractivity contribution in [3.63, 3.8) is 0 Å². The van der Waals surface area contributed by atoms with Crippen LogP contribution in [0.2, 0.25) is 0 Å². The third-order valence-electron chi connectivity index (χ3n) is 6.28. The molecular formula is C22H37ClN4. The lowest BCUT2D eigenvalue weighted by atomic mass is 9.74. The van der Waals surface area contributed by atoms with Crippen molar-refractivity contribution in [2.24, 2.45) is 17.4 Å². The van der Waals surface area contributed by atoms with Crippen molar-refractivity contribution < 1.29 is 0 Å². The molecule has 0 radical (unpaired) electrons. The van der Waals surface area contributed by atoms with E-state index in [0.29, 0.717) is 29.2 Å². The molecule has 2 aliphatic rings. The molecule has 0 bridgehead atoms. The smallest absolute Gasteiger partial charge is 0.0989 e. The van der Waals surface area contributed by atoms with E-state index in [4.69, 9.17) is 29.5 Å². The van der Waals surface area contributed by atoms with Crippen molar-refractivity contribution in [3.8, 4) is 12.3 Å². The Morgan fingerprint density at radius 2 is 2.26 bits per heavy atom. The fraction of sp³-hybridized carbons (Fsp3) is 0.727. The van der Waals surface area contributed by atoms with Gasteiger partial charge in [0.25, 0.3) is 0 Å². The van der Waals surface area contributed by atoms with Crippen molar-refractivity contribution in [2.45, 2.75) is 95.4 Å². The topological polar surface area (TPSA) is 67.3 Å². The molecule has 1 fully saturated rings. The van der Waals surface area contributed by atoms with Gasteiger partial charge >= 0.3 is 0 Å². The monoisotopic (exact) mass is 392 g/mol. The molecule has 0 aromatic heterocycles. The van der Waals surface area contributed by atoms with Crippen molar-refractivity contribution in [3.05, 3.63) is 23.5 Å². The van der Waals surface area contributed by atoms with Crippen LogP contribution in [0.1, 0.15) is 71.6 Å². The van der Waals surface area contributed by atoms with Crippen LogP contribution in [0.4, 0.5) is 0 Å². The number of allylic oxidation sites excluding steroid dienone is 1. The lowest BCUT2D eigenvalue weighted by molar-refractivity contribution is 0.0440. The predicted molar refractivity (Wildman–Crippen MR) is 116 cm³/mol. The summed E-state index contributed by atoms with van der Waals surface area (Å²) in [5.74, 6) is 3.38. The second kappa shape index (κ2) is 9.87. The number of halogens is 1. The summed E-state index contributed by atoms with van der Waals surface area (Å²) >= 11 is 6.33. The number of rotatable bonds is 10. The van der Waals surface area contributed by atoms with E-state index in [9.17, 15) is 0 Å². The number of hydrogen-bond acceptors (Lipinski definition) is 4. The molecule has 2 rings (SSSR count). The van der Waals surface area contributed by atoms with Gasteiger partial charge in [0.05, 0.1) is 17.4 Å². The molecule has 5 heteroatoms. The Labute approximate surface area is 170 Å². The molecule has 5 N–H and O–H groups in total. The first-order chi connectivity index (χ1) is 12.8. The average molecular weight is 393 g/mol. The molecule has 1 aliphatic carbocycles. The van der Waals surface area contributed by atoms with Gasteiger partial charge < -0.3 is 16.8 Å². The highest BCUT2D eigenvalue weighted by Crippen LogP contribution is 2.35. The van der Waals surface area contributed by atoms with Crippen molar-refractivity contribution in [1.29, 1.82) is 0 Å². The zero-order valence-electron chi connectivity index (χ0n) is 17.0.